The second kappa shape index (κ2) is 7.34. The molecular weight excluding hydrogens is 407 g/mol. The molecule has 0 fully saturated rings. The van der Waals surface area contributed by atoms with E-state index in [9.17, 15) is 13.2 Å². The molecule has 0 saturated heterocycles. The molecule has 0 radical (unpaired) electrons. The lowest BCUT2D eigenvalue weighted by Crippen LogP contribution is -2.17. The normalized spacial score (nSPS) is 13.8. The van der Waals surface area contributed by atoms with Crippen LogP contribution < -0.4 is 5.01 Å². The molecule has 1 aromatic carbocycles. The molecule has 2 aromatic rings. The molecule has 5 nitrogen and oxygen atoms in total. The third kappa shape index (κ3) is 4.06. The molecule has 0 N–H and O–H groups in total. The molecular formula is C15H9ClF3N5S2. The zero-order valence-electron chi connectivity index (χ0n) is 13.1. The molecule has 0 aliphatic carbocycles. The lowest BCUT2D eigenvalue weighted by Gasteiger charge is -2.22. The molecule has 1 aromatic heterocycles. The Labute approximate surface area is 160 Å². The highest BCUT2D eigenvalue weighted by Crippen LogP contribution is 2.38. The lowest BCUT2D eigenvalue weighted by atomic mass is 10.1. The van der Waals surface area contributed by atoms with Crippen molar-refractivity contribution in [3.05, 3.63) is 46.1 Å². The van der Waals surface area contributed by atoms with Crippen LogP contribution in [0.4, 0.5) is 18.9 Å². The molecule has 2 heterocycles. The average Bonchev–Trinajstić information content (AvgIpc) is 2.59. The van der Waals surface area contributed by atoms with E-state index in [2.05, 4.69) is 15.3 Å². The first-order valence-corrected chi connectivity index (χ1v) is 9.22. The molecule has 26 heavy (non-hydrogen) atoms. The van der Waals surface area contributed by atoms with Crippen molar-refractivity contribution in [2.75, 3.05) is 12.1 Å². The van der Waals surface area contributed by atoms with Crippen LogP contribution in [0.1, 0.15) is 16.7 Å². The number of hydrogen-bond acceptors (Lipinski definition) is 7. The summed E-state index contributed by atoms with van der Waals surface area (Å²) >= 11 is 8.41. The molecule has 0 bridgehead atoms. The summed E-state index contributed by atoms with van der Waals surface area (Å²) in [6, 6.07) is 6.62. The maximum Gasteiger partial charge on any atom is 0.416 e. The Morgan fingerprint density at radius 3 is 2.77 bits per heavy atom. The molecule has 0 unspecified atom stereocenters. The minimum atomic E-state index is -4.48. The van der Waals surface area contributed by atoms with Gasteiger partial charge in [0.1, 0.15) is 0 Å². The minimum absolute atomic E-state index is 0.00550. The Kier molecular flexibility index (Phi) is 5.32. The number of nitrogens with zero attached hydrogens (tertiary/aromatic N) is 5. The zero-order chi connectivity index (χ0) is 18.9. The van der Waals surface area contributed by atoms with Crippen molar-refractivity contribution in [3.63, 3.8) is 0 Å². The largest absolute Gasteiger partial charge is 0.416 e. The summed E-state index contributed by atoms with van der Waals surface area (Å²) in [5, 5.41) is 23.8. The number of anilines is 1. The predicted molar refractivity (Wildman–Crippen MR) is 96.2 cm³/mol. The van der Waals surface area contributed by atoms with E-state index in [4.69, 9.17) is 16.9 Å². The predicted octanol–water partition coefficient (Wildman–Crippen LogP) is 4.77. The maximum atomic E-state index is 12.8. The van der Waals surface area contributed by atoms with Crippen molar-refractivity contribution in [2.24, 2.45) is 5.10 Å². The first kappa shape index (κ1) is 18.8. The van der Waals surface area contributed by atoms with Crippen molar-refractivity contribution in [2.45, 2.75) is 17.0 Å². The summed E-state index contributed by atoms with van der Waals surface area (Å²) in [6.45, 7) is 0. The number of rotatable bonds is 2. The summed E-state index contributed by atoms with van der Waals surface area (Å²) in [7, 11) is 1.73. The van der Waals surface area contributed by atoms with Gasteiger partial charge in [-0.05, 0) is 29.5 Å². The second-order valence-corrected chi connectivity index (χ2v) is 7.71. The maximum absolute atomic E-state index is 12.8. The van der Waals surface area contributed by atoms with Crippen LogP contribution in [0.5, 0.6) is 0 Å². The highest BCUT2D eigenvalue weighted by molar-refractivity contribution is 8.38. The van der Waals surface area contributed by atoms with E-state index < -0.39 is 11.7 Å². The van der Waals surface area contributed by atoms with Crippen LogP contribution in [0.3, 0.4) is 0 Å². The summed E-state index contributed by atoms with van der Waals surface area (Å²) in [6.07, 6.45) is -4.48. The molecule has 0 atom stereocenters. The molecule has 0 saturated carbocycles. The van der Waals surface area contributed by atoms with Gasteiger partial charge in [-0.1, -0.05) is 29.4 Å². The molecule has 11 heteroatoms. The fourth-order valence-electron chi connectivity index (χ4n) is 2.11. The van der Waals surface area contributed by atoms with Gasteiger partial charge in [-0.3, -0.25) is 5.01 Å². The van der Waals surface area contributed by atoms with E-state index in [0.29, 0.717) is 26.4 Å². The summed E-state index contributed by atoms with van der Waals surface area (Å²) in [4.78, 5) is 0. The third-order valence-corrected chi connectivity index (χ3v) is 5.70. The van der Waals surface area contributed by atoms with Crippen LogP contribution >= 0.6 is 35.1 Å². The monoisotopic (exact) mass is 415 g/mol. The van der Waals surface area contributed by atoms with Crippen LogP contribution in [-0.2, 0) is 11.9 Å². The van der Waals surface area contributed by atoms with Crippen LogP contribution in [0, 0.1) is 11.3 Å². The summed E-state index contributed by atoms with van der Waals surface area (Å²) < 4.78 is 38.9. The van der Waals surface area contributed by atoms with Gasteiger partial charge in [-0.15, -0.1) is 10.2 Å². The number of benzene rings is 1. The smallest absolute Gasteiger partial charge is 0.264 e. The van der Waals surface area contributed by atoms with Gasteiger partial charge in [0.25, 0.3) is 0 Å². The zero-order valence-corrected chi connectivity index (χ0v) is 15.5. The fraction of sp³-hybridized carbons (Fsp3) is 0.200. The quantitative estimate of drug-likeness (QED) is 0.704. The standard InChI is InChI=1S/C15H9ClF3N5S2/c1-24-11-5-12(16)21-22-13(11)26-14(23-24)25-7-8-2-3-10(15(17,18)19)4-9(8)6-20/h2-5H,7H2,1H3. The van der Waals surface area contributed by atoms with Crippen molar-refractivity contribution >= 4 is 45.2 Å². The van der Waals surface area contributed by atoms with E-state index in [0.717, 1.165) is 12.1 Å². The molecule has 3 rings (SSSR count). The van der Waals surface area contributed by atoms with Crippen LogP contribution in [0.25, 0.3) is 0 Å². The Morgan fingerprint density at radius 1 is 1.31 bits per heavy atom. The van der Waals surface area contributed by atoms with Crippen molar-refractivity contribution in [3.8, 4) is 6.07 Å². The Morgan fingerprint density at radius 2 is 2.08 bits per heavy atom. The topological polar surface area (TPSA) is 65.2 Å². The number of aromatic nitrogens is 2. The van der Waals surface area contributed by atoms with E-state index >= 15 is 0 Å². The summed E-state index contributed by atoms with van der Waals surface area (Å²) in [5.74, 6) is 0.303. The summed E-state index contributed by atoms with van der Waals surface area (Å²) in [5.41, 5.74) is 0.373. The van der Waals surface area contributed by atoms with Gasteiger partial charge in [0.2, 0.25) is 0 Å². The molecule has 0 spiro atoms. The van der Waals surface area contributed by atoms with Gasteiger partial charge in [-0.2, -0.15) is 23.5 Å². The Balaban J connectivity index is 1.76. The van der Waals surface area contributed by atoms with Crippen molar-refractivity contribution in [1.82, 2.24) is 10.2 Å². The van der Waals surface area contributed by atoms with Crippen LogP contribution in [0.2, 0.25) is 5.15 Å². The van der Waals surface area contributed by atoms with E-state index in [-0.39, 0.29) is 10.7 Å². The van der Waals surface area contributed by atoms with Gasteiger partial charge in [0, 0.05) is 18.9 Å². The molecule has 0 amide bonds. The fourth-order valence-corrected chi connectivity index (χ4v) is 4.32. The first-order valence-electron chi connectivity index (χ1n) is 7.04. The van der Waals surface area contributed by atoms with E-state index in [1.54, 1.807) is 18.1 Å². The van der Waals surface area contributed by atoms with Gasteiger partial charge >= 0.3 is 6.18 Å². The second-order valence-electron chi connectivity index (χ2n) is 5.12. The minimum Gasteiger partial charge on any atom is -0.264 e. The Bertz CT molecular complexity index is 926. The Hall–Kier alpha value is -1.96. The number of thioether (sulfide) groups is 2. The van der Waals surface area contributed by atoms with Gasteiger partial charge in [-0.25, -0.2) is 0 Å². The SMILES string of the molecule is CN1N=C(SCc2ccc(C(F)(F)F)cc2C#N)Sc2nnc(Cl)cc21. The highest BCUT2D eigenvalue weighted by atomic mass is 35.5. The van der Waals surface area contributed by atoms with Crippen LogP contribution in [0.15, 0.2) is 34.4 Å². The number of nitriles is 1. The number of hydrogen-bond donors (Lipinski definition) is 0. The first-order chi connectivity index (χ1) is 12.3. The van der Waals surface area contributed by atoms with Gasteiger partial charge in [0.15, 0.2) is 14.6 Å². The number of alkyl halides is 3. The highest BCUT2D eigenvalue weighted by Gasteiger charge is 2.31. The van der Waals surface area contributed by atoms with Crippen LogP contribution in [-0.4, -0.2) is 21.6 Å². The van der Waals surface area contributed by atoms with E-state index in [1.807, 2.05) is 6.07 Å². The lowest BCUT2D eigenvalue weighted by molar-refractivity contribution is -0.137. The van der Waals surface area contributed by atoms with E-state index in [1.165, 1.54) is 29.6 Å². The average molecular weight is 416 g/mol. The number of hydrazone groups is 1. The number of halogens is 4. The molecule has 1 aliphatic heterocycles. The van der Waals surface area contributed by atoms with Gasteiger partial charge in [0.05, 0.1) is 22.9 Å². The molecule has 1 aliphatic rings. The van der Waals surface area contributed by atoms with Crippen molar-refractivity contribution < 1.29 is 13.2 Å². The van der Waals surface area contributed by atoms with Gasteiger partial charge < -0.3 is 0 Å². The number of fused-ring (bicyclic) bond motifs is 1. The third-order valence-electron chi connectivity index (χ3n) is 3.38. The molecule has 134 valence electrons. The van der Waals surface area contributed by atoms with Crippen molar-refractivity contribution in [1.29, 1.82) is 5.26 Å².